The molecular formula is HIrMnO4. The Bertz CT molecular complexity index is 129. The van der Waals surface area contributed by atoms with Crippen LogP contribution in [0.15, 0.2) is 0 Å². The van der Waals surface area contributed by atoms with E-state index in [1.807, 2.05) is 0 Å². The van der Waals surface area contributed by atoms with Crippen molar-refractivity contribution >= 4 is 0 Å². The van der Waals surface area contributed by atoms with Gasteiger partial charge in [0.15, 0.2) is 0 Å². The van der Waals surface area contributed by atoms with Gasteiger partial charge in [0, 0.05) is 20.1 Å². The van der Waals surface area contributed by atoms with Crippen molar-refractivity contribution in [3.05, 3.63) is 0 Å². The molecule has 0 aromatic heterocycles. The molecule has 0 atom stereocenters. The second-order valence-electron chi connectivity index (χ2n) is 0.396. The van der Waals surface area contributed by atoms with Crippen LogP contribution in [0.1, 0.15) is 0 Å². The van der Waals surface area contributed by atoms with Crippen molar-refractivity contribution in [2.45, 2.75) is 0 Å². The Labute approximate surface area is 49.1 Å². The molecular weight excluding hydrogens is 311 g/mol. The van der Waals surface area contributed by atoms with Gasteiger partial charge in [-0.05, 0) is 0 Å². The van der Waals surface area contributed by atoms with Crippen LogP contribution < -0.4 is 0 Å². The Hall–Kier alpha value is 0.529. The second-order valence-corrected chi connectivity index (χ2v) is 1.63. The first kappa shape index (κ1) is 9.73. The summed E-state index contributed by atoms with van der Waals surface area (Å²) in [6.45, 7) is 0. The minimum absolute atomic E-state index is 0. The summed E-state index contributed by atoms with van der Waals surface area (Å²) in [5.41, 5.74) is 0. The van der Waals surface area contributed by atoms with E-state index in [0.29, 0.717) is 0 Å². The van der Waals surface area contributed by atoms with Crippen molar-refractivity contribution in [3.8, 4) is 0 Å². The summed E-state index contributed by atoms with van der Waals surface area (Å²) >= 11 is -5.38. The van der Waals surface area contributed by atoms with E-state index in [1.54, 1.807) is 0 Å². The van der Waals surface area contributed by atoms with E-state index in [-0.39, 0.29) is 20.1 Å². The molecule has 0 aliphatic rings. The Balaban J connectivity index is 0. The van der Waals surface area contributed by atoms with Crippen LogP contribution in [0.25, 0.3) is 0 Å². The summed E-state index contributed by atoms with van der Waals surface area (Å²) in [5.74, 6) is 0. The van der Waals surface area contributed by atoms with E-state index >= 15 is 0 Å². The first-order valence-electron chi connectivity index (χ1n) is 0.632. The van der Waals surface area contributed by atoms with Gasteiger partial charge in [-0.1, -0.05) is 0 Å². The van der Waals surface area contributed by atoms with E-state index in [9.17, 15) is 0 Å². The fraction of sp³-hybridized carbons (Fsp3) is 0. The molecule has 0 fully saturated rings. The molecule has 0 saturated carbocycles. The molecule has 0 heterocycles. The summed E-state index contributed by atoms with van der Waals surface area (Å²) in [6, 6.07) is 0. The van der Waals surface area contributed by atoms with Crippen molar-refractivity contribution in [1.82, 2.24) is 0 Å². The molecule has 6 heteroatoms. The standard InChI is InChI=1S/Ir.Mn.H2O.3O/h;;1H2;;;/q;+1;;;;/p-1. The molecule has 1 radical (unpaired) electrons. The average Bonchev–Trinajstić information content (AvgIpc) is 0.722. The first-order chi connectivity index (χ1) is 2.00. The van der Waals surface area contributed by atoms with Gasteiger partial charge in [0.25, 0.3) is 0 Å². The molecule has 0 unspecified atom stereocenters. The molecule has 41 valence electrons. The molecule has 0 aliphatic heterocycles. The van der Waals surface area contributed by atoms with Crippen LogP contribution in [0.4, 0.5) is 0 Å². The third kappa shape index (κ3) is 202. The third-order valence-corrected chi connectivity index (χ3v) is 0. The molecule has 1 N–H and O–H groups in total. The zero-order chi connectivity index (χ0) is 4.50. The Kier molecular flexibility index (Phi) is 4.31. The maximum absolute atomic E-state index is 8.69. The fourth-order valence-electron chi connectivity index (χ4n) is 0. The number of hydrogen-bond donors (Lipinski definition) is 1. The molecule has 0 aromatic rings. The Morgan fingerprint density at radius 3 is 1.17 bits per heavy atom. The van der Waals surface area contributed by atoms with Gasteiger partial charge in [-0.3, -0.25) is 0 Å². The topological polar surface area (TPSA) is 71.4 Å². The summed E-state index contributed by atoms with van der Waals surface area (Å²) in [6.07, 6.45) is 0. The molecule has 0 saturated heterocycles. The summed E-state index contributed by atoms with van der Waals surface area (Å²) in [5, 5.41) is 0. The van der Waals surface area contributed by atoms with E-state index in [0.717, 1.165) is 0 Å². The van der Waals surface area contributed by atoms with Crippen LogP contribution in [-0.2, 0) is 44.6 Å². The normalized spacial score (nSPS) is 9.50. The predicted octanol–water partition coefficient (Wildman–Crippen LogP) is -0.918. The Morgan fingerprint density at radius 2 is 1.17 bits per heavy atom. The van der Waals surface area contributed by atoms with Gasteiger partial charge in [-0.15, -0.1) is 0 Å². The van der Waals surface area contributed by atoms with Crippen LogP contribution in [0.3, 0.4) is 0 Å². The van der Waals surface area contributed by atoms with E-state index < -0.39 is 13.0 Å². The fourth-order valence-corrected chi connectivity index (χ4v) is 0. The van der Waals surface area contributed by atoms with Gasteiger partial charge in [-0.25, -0.2) is 0 Å². The van der Waals surface area contributed by atoms with Crippen LogP contribution in [0.5, 0.6) is 0 Å². The molecule has 0 aromatic carbocycles. The second kappa shape index (κ2) is 2.66. The number of rotatable bonds is 0. The molecule has 0 rings (SSSR count). The van der Waals surface area contributed by atoms with E-state index in [4.69, 9.17) is 15.7 Å². The SMILES string of the molecule is [Ir].[O]=[Mn](=[O])(=[O])[OH]. The predicted molar refractivity (Wildman–Crippen MR) is 4.28 cm³/mol. The van der Waals surface area contributed by atoms with Gasteiger partial charge in [0.2, 0.25) is 0 Å². The van der Waals surface area contributed by atoms with Crippen molar-refractivity contribution < 1.29 is 48.8 Å². The molecule has 0 aliphatic carbocycles. The third-order valence-electron chi connectivity index (χ3n) is 0. The van der Waals surface area contributed by atoms with Crippen LogP contribution in [0, 0.1) is 0 Å². The Morgan fingerprint density at radius 1 is 1.17 bits per heavy atom. The van der Waals surface area contributed by atoms with Gasteiger partial charge in [0.05, 0.1) is 0 Å². The molecule has 4 nitrogen and oxygen atoms in total. The zero-order valence-electron chi connectivity index (χ0n) is 2.38. The van der Waals surface area contributed by atoms with Gasteiger partial charge < -0.3 is 0 Å². The molecule has 6 heavy (non-hydrogen) atoms. The quantitative estimate of drug-likeness (QED) is 0.588. The van der Waals surface area contributed by atoms with Crippen molar-refractivity contribution in [2.75, 3.05) is 0 Å². The molecule has 0 spiro atoms. The maximum atomic E-state index is 8.69. The summed E-state index contributed by atoms with van der Waals surface area (Å²) in [7, 11) is 0. The zero-order valence-corrected chi connectivity index (χ0v) is 5.96. The number of hydrogen-bond acceptors (Lipinski definition) is 3. The van der Waals surface area contributed by atoms with Crippen molar-refractivity contribution in [3.63, 3.8) is 0 Å². The van der Waals surface area contributed by atoms with Crippen molar-refractivity contribution in [2.24, 2.45) is 0 Å². The van der Waals surface area contributed by atoms with E-state index in [2.05, 4.69) is 0 Å². The van der Waals surface area contributed by atoms with Gasteiger partial charge in [-0.2, -0.15) is 0 Å². The summed E-state index contributed by atoms with van der Waals surface area (Å²) < 4.78 is 33.1. The monoisotopic (exact) mass is 313 g/mol. The van der Waals surface area contributed by atoms with Crippen LogP contribution >= 0.6 is 0 Å². The average molecular weight is 312 g/mol. The van der Waals surface area contributed by atoms with Gasteiger partial charge in [0.1, 0.15) is 0 Å². The van der Waals surface area contributed by atoms with Crippen molar-refractivity contribution in [1.29, 1.82) is 0 Å². The minimum atomic E-state index is -5.38. The van der Waals surface area contributed by atoms with Crippen LogP contribution in [0.2, 0.25) is 0 Å². The summed E-state index contributed by atoms with van der Waals surface area (Å²) in [4.78, 5) is 0. The van der Waals surface area contributed by atoms with Gasteiger partial charge >= 0.3 is 28.7 Å². The van der Waals surface area contributed by atoms with Crippen LogP contribution in [-0.4, -0.2) is 4.19 Å². The first-order valence-corrected chi connectivity index (χ1v) is 2.61. The molecule has 0 amide bonds. The molecule has 0 bridgehead atoms. The van der Waals surface area contributed by atoms with E-state index in [1.165, 1.54) is 0 Å².